The van der Waals surface area contributed by atoms with E-state index in [0.29, 0.717) is 4.31 Å². The molecule has 0 heterocycles. The quantitative estimate of drug-likeness (QED) is 0.846. The highest BCUT2D eigenvalue weighted by Crippen LogP contribution is 2.24. The van der Waals surface area contributed by atoms with E-state index in [1.165, 1.54) is 24.3 Å². The molecule has 0 aromatic heterocycles. The maximum atomic E-state index is 13.9. The van der Waals surface area contributed by atoms with Gasteiger partial charge in [0.15, 0.2) is 0 Å². The molecule has 0 aliphatic carbocycles. The molecule has 128 valence electrons. The van der Waals surface area contributed by atoms with E-state index in [1.54, 1.807) is 19.1 Å². The number of rotatable bonds is 6. The maximum absolute atomic E-state index is 13.9. The minimum atomic E-state index is -4.12. The van der Waals surface area contributed by atoms with Crippen molar-refractivity contribution in [2.24, 2.45) is 0 Å². The fourth-order valence-electron chi connectivity index (χ4n) is 2.10. The Balaban J connectivity index is 2.45. The van der Waals surface area contributed by atoms with Gasteiger partial charge >= 0.3 is 5.97 Å². The minimum Gasteiger partial charge on any atom is -0.480 e. The van der Waals surface area contributed by atoms with Crippen LogP contribution in [-0.4, -0.2) is 30.3 Å². The van der Waals surface area contributed by atoms with Gasteiger partial charge in [0.05, 0.1) is 4.90 Å². The molecule has 24 heavy (non-hydrogen) atoms. The lowest BCUT2D eigenvalue weighted by Gasteiger charge is -2.21. The van der Waals surface area contributed by atoms with Crippen LogP contribution in [0.4, 0.5) is 4.39 Å². The summed E-state index contributed by atoms with van der Waals surface area (Å²) in [6.07, 6.45) is 0. The van der Waals surface area contributed by atoms with Crippen molar-refractivity contribution in [3.63, 3.8) is 0 Å². The Labute approximate surface area is 144 Å². The molecule has 1 N–H and O–H groups in total. The summed E-state index contributed by atoms with van der Waals surface area (Å²) in [5.41, 5.74) is 0.784. The molecule has 0 aliphatic heterocycles. The summed E-state index contributed by atoms with van der Waals surface area (Å²) in [6.45, 7) is 0.513. The highest BCUT2D eigenvalue weighted by atomic mass is 35.5. The monoisotopic (exact) mass is 371 g/mol. The van der Waals surface area contributed by atoms with Crippen LogP contribution in [0.3, 0.4) is 0 Å². The molecule has 0 atom stereocenters. The van der Waals surface area contributed by atoms with E-state index in [2.05, 4.69) is 0 Å². The molecule has 2 aromatic carbocycles. The van der Waals surface area contributed by atoms with Crippen LogP contribution >= 0.6 is 11.6 Å². The van der Waals surface area contributed by atoms with Crippen molar-refractivity contribution < 1.29 is 22.7 Å². The molecule has 0 aliphatic rings. The second kappa shape index (κ2) is 7.29. The molecule has 0 bridgehead atoms. The summed E-state index contributed by atoms with van der Waals surface area (Å²) in [4.78, 5) is 11.0. The number of hydrogen-bond acceptors (Lipinski definition) is 3. The number of carbonyl (C=O) groups is 1. The number of aliphatic carboxylic acids is 1. The first-order chi connectivity index (χ1) is 11.2. The summed E-state index contributed by atoms with van der Waals surface area (Å²) in [5, 5.41) is 9.05. The van der Waals surface area contributed by atoms with E-state index in [0.717, 1.165) is 11.6 Å². The second-order valence-corrected chi connectivity index (χ2v) is 7.53. The second-order valence-electron chi connectivity index (χ2n) is 5.18. The summed E-state index contributed by atoms with van der Waals surface area (Å²) >= 11 is 5.92. The average molecular weight is 372 g/mol. The molecular formula is C16H15ClFNO4S. The summed E-state index contributed by atoms with van der Waals surface area (Å²) in [5.74, 6) is -2.05. The van der Waals surface area contributed by atoms with Gasteiger partial charge in [0.1, 0.15) is 12.4 Å². The Kier molecular flexibility index (Phi) is 5.58. The minimum absolute atomic E-state index is 0.0319. The van der Waals surface area contributed by atoms with Gasteiger partial charge in [-0.25, -0.2) is 12.8 Å². The zero-order chi connectivity index (χ0) is 17.9. The Hall–Kier alpha value is -1.96. The predicted molar refractivity (Wildman–Crippen MR) is 87.8 cm³/mol. The Bertz CT molecular complexity index is 833. The molecule has 0 saturated heterocycles. The van der Waals surface area contributed by atoms with Crippen molar-refractivity contribution in [1.29, 1.82) is 0 Å². The topological polar surface area (TPSA) is 74.7 Å². The van der Waals surface area contributed by atoms with Crippen LogP contribution in [0, 0.1) is 12.7 Å². The molecule has 5 nitrogen and oxygen atoms in total. The van der Waals surface area contributed by atoms with E-state index >= 15 is 0 Å². The lowest BCUT2D eigenvalue weighted by Crippen LogP contribution is -2.35. The largest absolute Gasteiger partial charge is 0.480 e. The van der Waals surface area contributed by atoms with Crippen LogP contribution in [0.25, 0.3) is 0 Å². The van der Waals surface area contributed by atoms with Crippen molar-refractivity contribution in [2.45, 2.75) is 18.4 Å². The van der Waals surface area contributed by atoms with Gasteiger partial charge in [0.25, 0.3) is 0 Å². The zero-order valence-electron chi connectivity index (χ0n) is 12.7. The third-order valence-electron chi connectivity index (χ3n) is 3.37. The third kappa shape index (κ3) is 4.11. The molecule has 0 amide bonds. The van der Waals surface area contributed by atoms with E-state index in [9.17, 15) is 17.6 Å². The molecule has 0 spiro atoms. The van der Waals surface area contributed by atoms with Gasteiger partial charge in [-0.05, 0) is 31.2 Å². The van der Waals surface area contributed by atoms with E-state index in [-0.39, 0.29) is 15.5 Å². The number of hydrogen-bond donors (Lipinski definition) is 1. The first-order valence-electron chi connectivity index (χ1n) is 6.93. The van der Waals surface area contributed by atoms with Crippen LogP contribution in [0.15, 0.2) is 47.4 Å². The van der Waals surface area contributed by atoms with Crippen LogP contribution in [-0.2, 0) is 21.4 Å². The number of nitrogens with zero attached hydrogens (tertiary/aromatic N) is 1. The fraction of sp³-hybridized carbons (Fsp3) is 0.188. The van der Waals surface area contributed by atoms with Gasteiger partial charge in [-0.15, -0.1) is 0 Å². The van der Waals surface area contributed by atoms with E-state index in [1.807, 2.05) is 0 Å². The molecular weight excluding hydrogens is 357 g/mol. The average Bonchev–Trinajstić information content (AvgIpc) is 2.50. The lowest BCUT2D eigenvalue weighted by molar-refractivity contribution is -0.137. The molecule has 0 radical (unpaired) electrons. The molecule has 2 rings (SSSR count). The Morgan fingerprint density at radius 3 is 2.38 bits per heavy atom. The number of halogens is 2. The number of benzene rings is 2. The maximum Gasteiger partial charge on any atom is 0.318 e. The molecule has 0 saturated carbocycles. The van der Waals surface area contributed by atoms with Gasteiger partial charge in [-0.3, -0.25) is 4.79 Å². The highest BCUT2D eigenvalue weighted by molar-refractivity contribution is 7.89. The van der Waals surface area contributed by atoms with Gasteiger partial charge in [-0.1, -0.05) is 35.4 Å². The summed E-state index contributed by atoms with van der Waals surface area (Å²) < 4.78 is 40.0. The first-order valence-corrected chi connectivity index (χ1v) is 8.75. The Morgan fingerprint density at radius 2 is 1.83 bits per heavy atom. The van der Waals surface area contributed by atoms with Crippen molar-refractivity contribution in [1.82, 2.24) is 4.31 Å². The van der Waals surface area contributed by atoms with Gasteiger partial charge in [0.2, 0.25) is 10.0 Å². The third-order valence-corrected chi connectivity index (χ3v) is 5.53. The summed E-state index contributed by atoms with van der Waals surface area (Å²) in [6, 6.07) is 9.89. The van der Waals surface area contributed by atoms with Crippen molar-refractivity contribution >= 4 is 27.6 Å². The fourth-order valence-corrected chi connectivity index (χ4v) is 3.68. The standard InChI is InChI=1S/C16H15ClFNO4S/c1-11-5-7-12(8-6-11)24(22,23)19(10-16(20)21)9-13-14(17)3-2-4-15(13)18/h2-8H,9-10H2,1H3,(H,20,21). The lowest BCUT2D eigenvalue weighted by atomic mass is 10.2. The van der Waals surface area contributed by atoms with Crippen molar-refractivity contribution in [3.05, 3.63) is 64.4 Å². The van der Waals surface area contributed by atoms with Gasteiger partial charge in [0, 0.05) is 17.1 Å². The smallest absolute Gasteiger partial charge is 0.318 e. The molecule has 8 heteroatoms. The number of carboxylic acids is 1. The molecule has 0 unspecified atom stereocenters. The predicted octanol–water partition coefficient (Wildman–Crippen LogP) is 3.06. The van der Waals surface area contributed by atoms with Gasteiger partial charge in [-0.2, -0.15) is 4.31 Å². The van der Waals surface area contributed by atoms with Crippen LogP contribution < -0.4 is 0 Å². The number of sulfonamides is 1. The first kappa shape index (κ1) is 18.4. The number of carboxylic acid groups (broad SMARTS) is 1. The normalized spacial score (nSPS) is 11.7. The Morgan fingerprint density at radius 1 is 1.21 bits per heavy atom. The summed E-state index contributed by atoms with van der Waals surface area (Å²) in [7, 11) is -4.12. The van der Waals surface area contributed by atoms with Crippen molar-refractivity contribution in [3.8, 4) is 0 Å². The van der Waals surface area contributed by atoms with E-state index < -0.39 is 34.9 Å². The van der Waals surface area contributed by atoms with Crippen LogP contribution in [0.1, 0.15) is 11.1 Å². The van der Waals surface area contributed by atoms with Crippen LogP contribution in [0.2, 0.25) is 5.02 Å². The highest BCUT2D eigenvalue weighted by Gasteiger charge is 2.28. The number of aryl methyl sites for hydroxylation is 1. The SMILES string of the molecule is Cc1ccc(S(=O)(=O)N(CC(=O)O)Cc2c(F)cccc2Cl)cc1. The molecule has 0 fully saturated rings. The zero-order valence-corrected chi connectivity index (χ0v) is 14.3. The van der Waals surface area contributed by atoms with Crippen molar-refractivity contribution in [2.75, 3.05) is 6.54 Å². The van der Waals surface area contributed by atoms with E-state index in [4.69, 9.17) is 16.7 Å². The van der Waals surface area contributed by atoms with Gasteiger partial charge < -0.3 is 5.11 Å². The molecule has 2 aromatic rings. The van der Waals surface area contributed by atoms with Crippen LogP contribution in [0.5, 0.6) is 0 Å².